The molecule has 3 aromatic rings. The van der Waals surface area contributed by atoms with Gasteiger partial charge in [-0.3, -0.25) is 4.79 Å². The van der Waals surface area contributed by atoms with Gasteiger partial charge in [-0.25, -0.2) is 0 Å². The number of benzene rings is 2. The maximum atomic E-state index is 13.4. The van der Waals surface area contributed by atoms with E-state index in [1.807, 2.05) is 47.4 Å². The van der Waals surface area contributed by atoms with Gasteiger partial charge in [-0.2, -0.15) is 0 Å². The average Bonchev–Trinajstić information content (AvgIpc) is 3.48. The highest BCUT2D eigenvalue weighted by Crippen LogP contribution is 2.50. The molecule has 2 aliphatic rings. The number of methoxy groups -OCH3 is 1. The number of aromatic nitrogens is 1. The van der Waals surface area contributed by atoms with Crippen LogP contribution in [0.2, 0.25) is 5.02 Å². The molecular weight excluding hydrogens is 414 g/mol. The van der Waals surface area contributed by atoms with Crippen LogP contribution in [0.15, 0.2) is 59.1 Å². The zero-order valence-corrected chi connectivity index (χ0v) is 18.1. The quantitative estimate of drug-likeness (QED) is 0.592. The average molecular weight is 438 g/mol. The summed E-state index contributed by atoms with van der Waals surface area (Å²) in [7, 11) is 1.67. The van der Waals surface area contributed by atoms with E-state index >= 15 is 0 Å². The summed E-state index contributed by atoms with van der Waals surface area (Å²) >= 11 is 5.97. The van der Waals surface area contributed by atoms with Gasteiger partial charge < -0.3 is 19.1 Å². The minimum atomic E-state index is -0.531. The molecule has 31 heavy (non-hydrogen) atoms. The van der Waals surface area contributed by atoms with Gasteiger partial charge >= 0.3 is 0 Å². The molecule has 0 N–H and O–H groups in total. The predicted octanol–water partition coefficient (Wildman–Crippen LogP) is 4.38. The molecule has 7 heteroatoms. The standard InChI is InChI=1S/C24H24ClN3O3/c1-30-20-8-6-19(7-9-20)27-12-14-28(15-13-27)23(29)24(10-11-24)22-16-21(31-26-22)17-2-4-18(25)5-3-17/h2-9,16H,10-15H2,1H3. The van der Waals surface area contributed by atoms with Gasteiger partial charge in [-0.15, -0.1) is 0 Å². The SMILES string of the molecule is COc1ccc(N2CCN(C(=O)C3(c4cc(-c5ccc(Cl)cc5)on4)CC3)CC2)cc1. The molecule has 6 nitrogen and oxygen atoms in total. The van der Waals surface area contributed by atoms with Gasteiger partial charge in [-0.05, 0) is 61.4 Å². The van der Waals surface area contributed by atoms with Gasteiger partial charge in [0.15, 0.2) is 5.76 Å². The highest BCUT2D eigenvalue weighted by molar-refractivity contribution is 6.30. The zero-order chi connectivity index (χ0) is 21.4. The Hall–Kier alpha value is -2.99. The van der Waals surface area contributed by atoms with Gasteiger partial charge in [-0.1, -0.05) is 16.8 Å². The van der Waals surface area contributed by atoms with Crippen molar-refractivity contribution in [1.82, 2.24) is 10.1 Å². The van der Waals surface area contributed by atoms with E-state index in [0.717, 1.165) is 48.6 Å². The van der Waals surface area contributed by atoms with Gasteiger partial charge in [0.05, 0.1) is 18.2 Å². The van der Waals surface area contributed by atoms with E-state index < -0.39 is 5.41 Å². The van der Waals surface area contributed by atoms with Crippen LogP contribution >= 0.6 is 11.6 Å². The van der Waals surface area contributed by atoms with Crippen molar-refractivity contribution < 1.29 is 14.1 Å². The smallest absolute Gasteiger partial charge is 0.235 e. The lowest BCUT2D eigenvalue weighted by Gasteiger charge is -2.37. The first kappa shape index (κ1) is 19.9. The van der Waals surface area contributed by atoms with E-state index in [9.17, 15) is 4.79 Å². The highest BCUT2D eigenvalue weighted by atomic mass is 35.5. The minimum Gasteiger partial charge on any atom is -0.497 e. The topological polar surface area (TPSA) is 58.8 Å². The monoisotopic (exact) mass is 437 g/mol. The highest BCUT2D eigenvalue weighted by Gasteiger charge is 2.55. The molecule has 0 bridgehead atoms. The normalized spacial score (nSPS) is 17.5. The molecular formula is C24H24ClN3O3. The Labute approximate surface area is 186 Å². The third-order valence-corrected chi connectivity index (χ3v) is 6.55. The first-order valence-corrected chi connectivity index (χ1v) is 10.9. The van der Waals surface area contributed by atoms with Crippen molar-refractivity contribution >= 4 is 23.2 Å². The van der Waals surface area contributed by atoms with Crippen LogP contribution in [0.1, 0.15) is 18.5 Å². The molecule has 0 unspecified atom stereocenters. The number of rotatable bonds is 5. The number of halogens is 1. The van der Waals surface area contributed by atoms with Gasteiger partial charge in [0.25, 0.3) is 0 Å². The second-order valence-corrected chi connectivity index (χ2v) is 8.58. The summed E-state index contributed by atoms with van der Waals surface area (Å²) in [6, 6.07) is 17.4. The second-order valence-electron chi connectivity index (χ2n) is 8.14. The molecule has 0 radical (unpaired) electrons. The number of piperazine rings is 1. The molecule has 1 aliphatic carbocycles. The Morgan fingerprint density at radius 1 is 1.03 bits per heavy atom. The van der Waals surface area contributed by atoms with Crippen molar-refractivity contribution in [3.8, 4) is 17.1 Å². The lowest BCUT2D eigenvalue weighted by Crippen LogP contribution is -2.51. The van der Waals surface area contributed by atoms with E-state index in [2.05, 4.69) is 22.2 Å². The van der Waals surface area contributed by atoms with E-state index in [4.69, 9.17) is 20.9 Å². The number of hydrogen-bond donors (Lipinski definition) is 0. The molecule has 5 rings (SSSR count). The van der Waals surface area contributed by atoms with Crippen LogP contribution in [0.4, 0.5) is 5.69 Å². The first-order chi connectivity index (χ1) is 15.1. The summed E-state index contributed by atoms with van der Waals surface area (Å²) in [6.07, 6.45) is 1.63. The van der Waals surface area contributed by atoms with E-state index in [-0.39, 0.29) is 5.91 Å². The maximum absolute atomic E-state index is 13.4. The fourth-order valence-corrected chi connectivity index (χ4v) is 4.34. The molecule has 1 aromatic heterocycles. The molecule has 0 spiro atoms. The molecule has 2 heterocycles. The summed E-state index contributed by atoms with van der Waals surface area (Å²) in [5, 5.41) is 4.94. The van der Waals surface area contributed by atoms with Crippen LogP contribution in [0.3, 0.4) is 0 Å². The lowest BCUT2D eigenvalue weighted by atomic mass is 9.99. The van der Waals surface area contributed by atoms with Gasteiger partial charge in [0.2, 0.25) is 5.91 Å². The summed E-state index contributed by atoms with van der Waals surface area (Å²) in [6.45, 7) is 3.02. The number of nitrogens with zero attached hydrogens (tertiary/aromatic N) is 3. The third kappa shape index (κ3) is 3.76. The number of amides is 1. The largest absolute Gasteiger partial charge is 0.497 e. The van der Waals surface area contributed by atoms with Crippen LogP contribution in [-0.4, -0.2) is 49.3 Å². The number of carbonyl (C=O) groups excluding carboxylic acids is 1. The van der Waals surface area contributed by atoms with Crippen molar-refractivity contribution in [3.63, 3.8) is 0 Å². The Bertz CT molecular complexity index is 1070. The maximum Gasteiger partial charge on any atom is 0.235 e. The first-order valence-electron chi connectivity index (χ1n) is 10.5. The molecule has 1 aliphatic heterocycles. The van der Waals surface area contributed by atoms with Crippen molar-refractivity contribution in [3.05, 3.63) is 65.3 Å². The van der Waals surface area contributed by atoms with E-state index in [0.29, 0.717) is 23.9 Å². The molecule has 2 fully saturated rings. The fraction of sp³-hybridized carbons (Fsp3) is 0.333. The van der Waals surface area contributed by atoms with E-state index in [1.165, 1.54) is 0 Å². The third-order valence-electron chi connectivity index (χ3n) is 6.29. The van der Waals surface area contributed by atoms with E-state index in [1.54, 1.807) is 7.11 Å². The van der Waals surface area contributed by atoms with Crippen LogP contribution in [0.5, 0.6) is 5.75 Å². The predicted molar refractivity (Wildman–Crippen MR) is 120 cm³/mol. The molecule has 1 amide bonds. The number of carbonyl (C=O) groups is 1. The Morgan fingerprint density at radius 2 is 1.71 bits per heavy atom. The molecule has 1 saturated carbocycles. The fourth-order valence-electron chi connectivity index (χ4n) is 4.22. The molecule has 160 valence electrons. The Morgan fingerprint density at radius 3 is 2.32 bits per heavy atom. The van der Waals surface area contributed by atoms with Crippen LogP contribution in [0, 0.1) is 0 Å². The molecule has 1 saturated heterocycles. The summed E-state index contributed by atoms with van der Waals surface area (Å²) < 4.78 is 10.8. The summed E-state index contributed by atoms with van der Waals surface area (Å²) in [5.74, 6) is 1.67. The van der Waals surface area contributed by atoms with Gasteiger partial charge in [0.1, 0.15) is 5.75 Å². The molecule has 0 atom stereocenters. The van der Waals surface area contributed by atoms with Crippen molar-refractivity contribution in [2.24, 2.45) is 0 Å². The summed E-state index contributed by atoms with van der Waals surface area (Å²) in [5.41, 5.74) is 2.26. The summed E-state index contributed by atoms with van der Waals surface area (Å²) in [4.78, 5) is 17.7. The Kier molecular flexibility index (Phi) is 5.10. The van der Waals surface area contributed by atoms with Crippen molar-refractivity contribution in [2.45, 2.75) is 18.3 Å². The van der Waals surface area contributed by atoms with Crippen LogP contribution in [-0.2, 0) is 10.2 Å². The Balaban J connectivity index is 1.26. The van der Waals surface area contributed by atoms with Crippen LogP contribution < -0.4 is 9.64 Å². The number of anilines is 1. The lowest BCUT2D eigenvalue weighted by molar-refractivity contribution is -0.134. The minimum absolute atomic E-state index is 0.165. The zero-order valence-electron chi connectivity index (χ0n) is 17.4. The number of ether oxygens (including phenoxy) is 1. The van der Waals surface area contributed by atoms with Crippen molar-refractivity contribution in [1.29, 1.82) is 0 Å². The van der Waals surface area contributed by atoms with Crippen molar-refractivity contribution in [2.75, 3.05) is 38.2 Å². The van der Waals surface area contributed by atoms with Gasteiger partial charge in [0, 0.05) is 48.5 Å². The van der Waals surface area contributed by atoms with Crippen LogP contribution in [0.25, 0.3) is 11.3 Å². The second kappa shape index (κ2) is 7.93. The number of hydrogen-bond acceptors (Lipinski definition) is 5. The molecule has 2 aromatic carbocycles.